The number of carbonyl (C=O) groups excluding carboxylic acids is 1. The number of hydrogen-bond acceptors (Lipinski definition) is 2. The van der Waals surface area contributed by atoms with Crippen LogP contribution in [-0.4, -0.2) is 30.4 Å². The Morgan fingerprint density at radius 3 is 2.52 bits per heavy atom. The predicted molar refractivity (Wildman–Crippen MR) is 69.1 cm³/mol. The zero-order valence-corrected chi connectivity index (χ0v) is 11.5. The van der Waals surface area contributed by atoms with Gasteiger partial charge in [0.15, 0.2) is 0 Å². The van der Waals surface area contributed by atoms with Crippen molar-refractivity contribution in [1.29, 1.82) is 0 Å². The van der Waals surface area contributed by atoms with Gasteiger partial charge in [-0.1, -0.05) is 6.07 Å². The lowest BCUT2D eigenvalue weighted by atomic mass is 9.80. The first-order valence-electron chi connectivity index (χ1n) is 6.57. The number of nitrogens with two attached hydrogens (primary N) is 1. The van der Waals surface area contributed by atoms with Gasteiger partial charge in [0.2, 0.25) is 0 Å². The van der Waals surface area contributed by atoms with Crippen LogP contribution in [-0.2, 0) is 6.18 Å². The van der Waals surface area contributed by atoms with Crippen molar-refractivity contribution >= 4 is 5.91 Å². The molecule has 0 heterocycles. The Morgan fingerprint density at radius 2 is 2.00 bits per heavy atom. The van der Waals surface area contributed by atoms with Crippen molar-refractivity contribution < 1.29 is 22.4 Å². The van der Waals surface area contributed by atoms with Crippen LogP contribution in [0.5, 0.6) is 0 Å². The molecular weight excluding hydrogens is 288 g/mol. The van der Waals surface area contributed by atoms with Crippen molar-refractivity contribution in [2.45, 2.75) is 25.1 Å². The molecule has 1 fully saturated rings. The molecular formula is C14H16F4N2O. The average Bonchev–Trinajstić information content (AvgIpc) is 2.35. The molecule has 0 saturated heterocycles. The van der Waals surface area contributed by atoms with Gasteiger partial charge in [-0.2, -0.15) is 13.2 Å². The Morgan fingerprint density at radius 1 is 1.38 bits per heavy atom. The topological polar surface area (TPSA) is 46.3 Å². The van der Waals surface area contributed by atoms with Gasteiger partial charge in [-0.15, -0.1) is 0 Å². The number of amides is 1. The fourth-order valence-electron chi connectivity index (χ4n) is 2.53. The molecule has 3 nitrogen and oxygen atoms in total. The number of halogens is 4. The molecule has 0 aromatic heterocycles. The van der Waals surface area contributed by atoms with Gasteiger partial charge >= 0.3 is 6.18 Å². The summed E-state index contributed by atoms with van der Waals surface area (Å²) in [5.41, 5.74) is 3.65. The summed E-state index contributed by atoms with van der Waals surface area (Å²) < 4.78 is 51.8. The molecule has 1 saturated carbocycles. The highest BCUT2D eigenvalue weighted by atomic mass is 19.4. The van der Waals surface area contributed by atoms with E-state index in [0.717, 1.165) is 25.0 Å². The SMILES string of the molecule is CN(CC1CC(N)C1)C(=O)c1cccc(C(F)(F)F)c1F. The van der Waals surface area contributed by atoms with E-state index in [1.54, 1.807) is 0 Å². The zero-order chi connectivity index (χ0) is 15.8. The molecule has 1 amide bonds. The standard InChI is InChI=1S/C14H16F4N2O/c1-20(7-8-5-9(19)6-8)13(21)10-3-2-4-11(12(10)15)14(16,17)18/h2-4,8-9H,5-7,19H2,1H3. The summed E-state index contributed by atoms with van der Waals surface area (Å²) in [7, 11) is 1.45. The summed E-state index contributed by atoms with van der Waals surface area (Å²) in [5.74, 6) is -2.05. The van der Waals surface area contributed by atoms with E-state index in [4.69, 9.17) is 5.73 Å². The van der Waals surface area contributed by atoms with Crippen molar-refractivity contribution in [2.75, 3.05) is 13.6 Å². The number of alkyl halides is 3. The van der Waals surface area contributed by atoms with Crippen molar-refractivity contribution in [3.05, 3.63) is 35.1 Å². The summed E-state index contributed by atoms with van der Waals surface area (Å²) in [6.45, 7) is 0.363. The fourth-order valence-corrected chi connectivity index (χ4v) is 2.53. The molecule has 1 aromatic carbocycles. The first kappa shape index (κ1) is 15.8. The van der Waals surface area contributed by atoms with Crippen LogP contribution in [0.3, 0.4) is 0 Å². The van der Waals surface area contributed by atoms with Gasteiger partial charge < -0.3 is 10.6 Å². The van der Waals surface area contributed by atoms with E-state index in [0.29, 0.717) is 12.6 Å². The smallest absolute Gasteiger partial charge is 0.341 e. The summed E-state index contributed by atoms with van der Waals surface area (Å²) in [4.78, 5) is 13.3. The lowest BCUT2D eigenvalue weighted by molar-refractivity contribution is -0.140. The molecule has 0 unspecified atom stereocenters. The highest BCUT2D eigenvalue weighted by Gasteiger charge is 2.36. The Bertz CT molecular complexity index is 538. The van der Waals surface area contributed by atoms with Crippen LogP contribution in [0.15, 0.2) is 18.2 Å². The number of nitrogens with zero attached hydrogens (tertiary/aromatic N) is 1. The first-order valence-corrected chi connectivity index (χ1v) is 6.57. The summed E-state index contributed by atoms with van der Waals surface area (Å²) >= 11 is 0. The van der Waals surface area contributed by atoms with Crippen LogP contribution < -0.4 is 5.73 Å². The van der Waals surface area contributed by atoms with Crippen LogP contribution >= 0.6 is 0 Å². The monoisotopic (exact) mass is 304 g/mol. The second kappa shape index (κ2) is 5.63. The van der Waals surface area contributed by atoms with Gasteiger partial charge in [-0.3, -0.25) is 4.79 Å². The Kier molecular flexibility index (Phi) is 4.22. The van der Waals surface area contributed by atoms with E-state index in [1.165, 1.54) is 11.9 Å². The molecule has 1 aliphatic rings. The third-order valence-corrected chi connectivity index (χ3v) is 3.69. The number of carbonyl (C=O) groups is 1. The Hall–Kier alpha value is -1.63. The minimum absolute atomic E-state index is 0.115. The number of hydrogen-bond donors (Lipinski definition) is 1. The van der Waals surface area contributed by atoms with E-state index in [9.17, 15) is 22.4 Å². The second-order valence-electron chi connectivity index (χ2n) is 5.45. The van der Waals surface area contributed by atoms with Gasteiger partial charge in [0.25, 0.3) is 5.91 Å². The fraction of sp³-hybridized carbons (Fsp3) is 0.500. The highest BCUT2D eigenvalue weighted by Crippen LogP contribution is 2.33. The van der Waals surface area contributed by atoms with Crippen LogP contribution in [0.4, 0.5) is 17.6 Å². The molecule has 7 heteroatoms. The lowest BCUT2D eigenvalue weighted by Crippen LogP contribution is -2.43. The second-order valence-corrected chi connectivity index (χ2v) is 5.45. The first-order chi connectivity index (χ1) is 9.70. The Balaban J connectivity index is 2.15. The molecule has 21 heavy (non-hydrogen) atoms. The van der Waals surface area contributed by atoms with Gasteiger partial charge in [-0.25, -0.2) is 4.39 Å². The van der Waals surface area contributed by atoms with Gasteiger partial charge in [-0.05, 0) is 30.9 Å². The molecule has 0 bridgehead atoms. The van der Waals surface area contributed by atoms with Gasteiger partial charge in [0, 0.05) is 19.6 Å². The normalized spacial score (nSPS) is 21.8. The van der Waals surface area contributed by atoms with Crippen molar-refractivity contribution in [1.82, 2.24) is 4.90 Å². The van der Waals surface area contributed by atoms with Gasteiger partial charge in [0.05, 0.1) is 11.1 Å². The maximum Gasteiger partial charge on any atom is 0.419 e. The molecule has 0 atom stereocenters. The van der Waals surface area contributed by atoms with E-state index >= 15 is 0 Å². The highest BCUT2D eigenvalue weighted by molar-refractivity contribution is 5.94. The third kappa shape index (κ3) is 3.34. The quantitative estimate of drug-likeness (QED) is 0.873. The largest absolute Gasteiger partial charge is 0.419 e. The number of rotatable bonds is 3. The molecule has 2 rings (SSSR count). The molecule has 0 aliphatic heterocycles. The minimum atomic E-state index is -4.82. The predicted octanol–water partition coefficient (Wildman–Crippen LogP) is 2.65. The van der Waals surface area contributed by atoms with Crippen molar-refractivity contribution in [3.8, 4) is 0 Å². The maximum atomic E-state index is 13.9. The van der Waals surface area contributed by atoms with Crippen LogP contribution in [0, 0.1) is 11.7 Å². The van der Waals surface area contributed by atoms with Crippen LogP contribution in [0.2, 0.25) is 0 Å². The van der Waals surface area contributed by atoms with Gasteiger partial charge in [0.1, 0.15) is 5.82 Å². The van der Waals surface area contributed by atoms with Crippen molar-refractivity contribution in [2.24, 2.45) is 11.7 Å². The molecule has 1 aliphatic carbocycles. The number of benzene rings is 1. The average molecular weight is 304 g/mol. The molecule has 2 N–H and O–H groups in total. The van der Waals surface area contributed by atoms with E-state index in [2.05, 4.69) is 0 Å². The lowest BCUT2D eigenvalue weighted by Gasteiger charge is -2.35. The summed E-state index contributed by atoms with van der Waals surface area (Å²) in [5, 5.41) is 0. The van der Waals surface area contributed by atoms with Crippen LogP contribution in [0.1, 0.15) is 28.8 Å². The molecule has 0 spiro atoms. The molecule has 116 valence electrons. The van der Waals surface area contributed by atoms with Crippen molar-refractivity contribution in [3.63, 3.8) is 0 Å². The molecule has 1 aromatic rings. The minimum Gasteiger partial charge on any atom is -0.341 e. The maximum absolute atomic E-state index is 13.9. The van der Waals surface area contributed by atoms with E-state index in [-0.39, 0.29) is 12.0 Å². The van der Waals surface area contributed by atoms with Crippen LogP contribution in [0.25, 0.3) is 0 Å². The van der Waals surface area contributed by atoms with E-state index in [1.807, 2.05) is 0 Å². The summed E-state index contributed by atoms with van der Waals surface area (Å²) in [6.07, 6.45) is -3.29. The third-order valence-electron chi connectivity index (χ3n) is 3.69. The Labute approximate surface area is 119 Å². The molecule has 0 radical (unpaired) electrons. The zero-order valence-electron chi connectivity index (χ0n) is 11.5. The van der Waals surface area contributed by atoms with E-state index < -0.39 is 29.0 Å². The summed E-state index contributed by atoms with van der Waals surface area (Å²) in [6, 6.07) is 2.84.